The van der Waals surface area contributed by atoms with Gasteiger partial charge in [0.2, 0.25) is 11.7 Å². The summed E-state index contributed by atoms with van der Waals surface area (Å²) in [7, 11) is 6.22. The summed E-state index contributed by atoms with van der Waals surface area (Å²) in [6.45, 7) is 3.29. The number of likely N-dealkylation sites (tertiary alicyclic amines) is 1. The van der Waals surface area contributed by atoms with Crippen LogP contribution in [-0.4, -0.2) is 64.8 Å². The maximum Gasteiger partial charge on any atom is 0.254 e. The van der Waals surface area contributed by atoms with Gasteiger partial charge in [-0.1, -0.05) is 13.0 Å². The Labute approximate surface area is 194 Å². The number of rotatable bonds is 9. The molecule has 8 nitrogen and oxygen atoms in total. The fraction of sp³-hybridized carbons (Fsp3) is 0.440. The third-order valence-electron chi connectivity index (χ3n) is 5.92. The van der Waals surface area contributed by atoms with Crippen LogP contribution in [0.5, 0.6) is 23.0 Å². The van der Waals surface area contributed by atoms with Crippen LogP contribution in [-0.2, 0) is 4.79 Å². The Balaban J connectivity index is 1.97. The van der Waals surface area contributed by atoms with E-state index < -0.39 is 5.92 Å². The van der Waals surface area contributed by atoms with Gasteiger partial charge < -0.3 is 29.2 Å². The standard InChI is InChI=1S/C25H32N2O6/c1-6-10-26-24(28)20-15-27(25(29)16-8-7-9-18(11-16)30-2)14-19(20)17-12-21(31-3)23(33-5)22(13-17)32-4/h7-9,11-13,19-20H,6,10,14-15H2,1-5H3,(H,26,28)/t19-,20-/m1/s1. The highest BCUT2D eigenvalue weighted by molar-refractivity contribution is 5.95. The quantitative estimate of drug-likeness (QED) is 0.624. The lowest BCUT2D eigenvalue weighted by Crippen LogP contribution is -2.36. The van der Waals surface area contributed by atoms with Gasteiger partial charge in [-0.15, -0.1) is 0 Å². The summed E-state index contributed by atoms with van der Waals surface area (Å²) in [6, 6.07) is 10.7. The largest absolute Gasteiger partial charge is 0.497 e. The zero-order valence-electron chi connectivity index (χ0n) is 19.8. The number of ether oxygens (including phenoxy) is 4. The van der Waals surface area contributed by atoms with Crippen LogP contribution in [0.15, 0.2) is 36.4 Å². The van der Waals surface area contributed by atoms with Crippen molar-refractivity contribution >= 4 is 11.8 Å². The molecule has 1 N–H and O–H groups in total. The van der Waals surface area contributed by atoms with Crippen molar-refractivity contribution < 1.29 is 28.5 Å². The molecule has 33 heavy (non-hydrogen) atoms. The molecule has 0 aromatic heterocycles. The predicted molar refractivity (Wildman–Crippen MR) is 125 cm³/mol. The van der Waals surface area contributed by atoms with Crippen molar-refractivity contribution in [3.8, 4) is 23.0 Å². The van der Waals surface area contributed by atoms with Crippen molar-refractivity contribution in [1.82, 2.24) is 10.2 Å². The second-order valence-electron chi connectivity index (χ2n) is 7.90. The van der Waals surface area contributed by atoms with Crippen molar-refractivity contribution in [3.63, 3.8) is 0 Å². The number of hydrogen-bond donors (Lipinski definition) is 1. The number of hydrogen-bond acceptors (Lipinski definition) is 6. The topological polar surface area (TPSA) is 86.3 Å². The highest BCUT2D eigenvalue weighted by atomic mass is 16.5. The van der Waals surface area contributed by atoms with E-state index in [1.807, 2.05) is 19.1 Å². The zero-order valence-corrected chi connectivity index (χ0v) is 19.8. The van der Waals surface area contributed by atoms with Crippen LogP contribution in [0.2, 0.25) is 0 Å². The van der Waals surface area contributed by atoms with Crippen molar-refractivity contribution in [2.75, 3.05) is 48.1 Å². The number of carbonyl (C=O) groups excluding carboxylic acids is 2. The summed E-state index contributed by atoms with van der Waals surface area (Å²) in [6.07, 6.45) is 0.833. The van der Waals surface area contributed by atoms with Crippen LogP contribution in [0.4, 0.5) is 0 Å². The molecule has 0 bridgehead atoms. The van der Waals surface area contributed by atoms with Crippen LogP contribution < -0.4 is 24.3 Å². The van der Waals surface area contributed by atoms with E-state index in [-0.39, 0.29) is 17.7 Å². The molecular weight excluding hydrogens is 424 g/mol. The van der Waals surface area contributed by atoms with Gasteiger partial charge in [0.1, 0.15) is 5.75 Å². The minimum absolute atomic E-state index is 0.0726. The zero-order chi connectivity index (χ0) is 24.0. The first-order valence-corrected chi connectivity index (χ1v) is 11.0. The summed E-state index contributed by atoms with van der Waals surface area (Å²) in [4.78, 5) is 28.1. The monoisotopic (exact) mass is 456 g/mol. The number of nitrogens with zero attached hydrogens (tertiary/aromatic N) is 1. The molecule has 0 radical (unpaired) electrons. The summed E-state index contributed by atoms with van der Waals surface area (Å²) >= 11 is 0. The summed E-state index contributed by atoms with van der Waals surface area (Å²) in [5.41, 5.74) is 1.37. The van der Waals surface area contributed by atoms with Gasteiger partial charge in [0.05, 0.1) is 34.4 Å². The summed E-state index contributed by atoms with van der Waals surface area (Å²) in [5, 5.41) is 2.99. The molecular formula is C25H32N2O6. The third-order valence-corrected chi connectivity index (χ3v) is 5.92. The first-order valence-electron chi connectivity index (χ1n) is 11.0. The van der Waals surface area contributed by atoms with E-state index in [9.17, 15) is 9.59 Å². The Morgan fingerprint density at radius 1 is 0.970 bits per heavy atom. The molecule has 1 aliphatic heterocycles. The minimum Gasteiger partial charge on any atom is -0.497 e. The average Bonchev–Trinajstić information content (AvgIpc) is 3.31. The van der Waals surface area contributed by atoms with E-state index in [2.05, 4.69) is 5.32 Å². The van der Waals surface area contributed by atoms with Gasteiger partial charge in [0.25, 0.3) is 5.91 Å². The lowest BCUT2D eigenvalue weighted by atomic mass is 9.88. The summed E-state index contributed by atoms with van der Waals surface area (Å²) in [5.74, 6) is 1.26. The van der Waals surface area contributed by atoms with E-state index in [0.717, 1.165) is 12.0 Å². The highest BCUT2D eigenvalue weighted by Gasteiger charge is 2.41. The average molecular weight is 457 g/mol. The summed E-state index contributed by atoms with van der Waals surface area (Å²) < 4.78 is 21.7. The first-order chi connectivity index (χ1) is 16.0. The second-order valence-corrected chi connectivity index (χ2v) is 7.90. The predicted octanol–water partition coefficient (Wildman–Crippen LogP) is 3.10. The molecule has 0 saturated carbocycles. The van der Waals surface area contributed by atoms with E-state index in [1.54, 1.807) is 57.6 Å². The number of carbonyl (C=O) groups is 2. The van der Waals surface area contributed by atoms with Gasteiger partial charge in [-0.25, -0.2) is 0 Å². The van der Waals surface area contributed by atoms with Gasteiger partial charge in [0, 0.05) is 31.1 Å². The molecule has 1 heterocycles. The van der Waals surface area contributed by atoms with E-state index in [4.69, 9.17) is 18.9 Å². The van der Waals surface area contributed by atoms with Gasteiger partial charge in [-0.05, 0) is 42.3 Å². The molecule has 1 fully saturated rings. The molecule has 1 aliphatic rings. The van der Waals surface area contributed by atoms with Crippen molar-refractivity contribution in [2.45, 2.75) is 19.3 Å². The van der Waals surface area contributed by atoms with Gasteiger partial charge in [0.15, 0.2) is 11.5 Å². The molecule has 2 amide bonds. The van der Waals surface area contributed by atoms with E-state index in [0.29, 0.717) is 48.2 Å². The van der Waals surface area contributed by atoms with Crippen LogP contribution >= 0.6 is 0 Å². The van der Waals surface area contributed by atoms with Crippen LogP contribution in [0, 0.1) is 5.92 Å². The molecule has 0 aliphatic carbocycles. The molecule has 8 heteroatoms. The van der Waals surface area contributed by atoms with Gasteiger partial charge >= 0.3 is 0 Å². The van der Waals surface area contributed by atoms with Crippen molar-refractivity contribution in [3.05, 3.63) is 47.5 Å². The molecule has 2 aromatic carbocycles. The SMILES string of the molecule is CCCNC(=O)[C@@H]1CN(C(=O)c2cccc(OC)c2)C[C@@H]1c1cc(OC)c(OC)c(OC)c1. The molecule has 3 rings (SSSR count). The molecule has 2 atom stereocenters. The van der Waals surface area contributed by atoms with Crippen LogP contribution in [0.25, 0.3) is 0 Å². The van der Waals surface area contributed by atoms with Gasteiger partial charge in [-0.3, -0.25) is 9.59 Å². The Morgan fingerprint density at radius 3 is 2.24 bits per heavy atom. The Bertz CT molecular complexity index is 968. The van der Waals surface area contributed by atoms with Crippen LogP contribution in [0.3, 0.4) is 0 Å². The lowest BCUT2D eigenvalue weighted by molar-refractivity contribution is -0.124. The number of benzene rings is 2. The van der Waals surface area contributed by atoms with E-state index in [1.165, 1.54) is 0 Å². The maximum absolute atomic E-state index is 13.3. The maximum atomic E-state index is 13.3. The molecule has 2 aromatic rings. The Morgan fingerprint density at radius 2 is 1.67 bits per heavy atom. The van der Waals surface area contributed by atoms with Crippen LogP contribution in [0.1, 0.15) is 35.2 Å². The van der Waals surface area contributed by atoms with E-state index >= 15 is 0 Å². The van der Waals surface area contributed by atoms with Crippen molar-refractivity contribution in [2.24, 2.45) is 5.92 Å². The third kappa shape index (κ3) is 5.16. The Hall–Kier alpha value is -3.42. The Kier molecular flexibility index (Phi) is 8.03. The lowest BCUT2D eigenvalue weighted by Gasteiger charge is -2.21. The highest BCUT2D eigenvalue weighted by Crippen LogP contribution is 2.43. The fourth-order valence-corrected chi connectivity index (χ4v) is 4.21. The smallest absolute Gasteiger partial charge is 0.254 e. The molecule has 0 unspecified atom stereocenters. The van der Waals surface area contributed by atoms with Gasteiger partial charge in [-0.2, -0.15) is 0 Å². The minimum atomic E-state index is -0.408. The fourth-order valence-electron chi connectivity index (χ4n) is 4.21. The molecule has 0 spiro atoms. The molecule has 178 valence electrons. The number of amides is 2. The first kappa shape index (κ1) is 24.2. The normalized spacial score (nSPS) is 17.4. The van der Waals surface area contributed by atoms with Crippen molar-refractivity contribution in [1.29, 1.82) is 0 Å². The molecule has 1 saturated heterocycles. The second kappa shape index (κ2) is 10.9. The number of nitrogens with one attached hydrogen (secondary N) is 1. The number of methoxy groups -OCH3 is 4.